The molecule has 1 aromatic carbocycles. The van der Waals surface area contributed by atoms with Crippen molar-refractivity contribution in [3.63, 3.8) is 0 Å². The third-order valence-corrected chi connectivity index (χ3v) is 4.54. The van der Waals surface area contributed by atoms with Gasteiger partial charge in [0, 0.05) is 36.6 Å². The van der Waals surface area contributed by atoms with Crippen molar-refractivity contribution < 1.29 is 9.59 Å². The van der Waals surface area contributed by atoms with Crippen LogP contribution < -0.4 is 15.5 Å². The Morgan fingerprint density at radius 2 is 1.96 bits per heavy atom. The summed E-state index contributed by atoms with van der Waals surface area (Å²) < 4.78 is 0. The van der Waals surface area contributed by atoms with Gasteiger partial charge in [0.15, 0.2) is 5.82 Å². The minimum absolute atomic E-state index is 0.0260. The third-order valence-electron chi connectivity index (χ3n) is 4.54. The van der Waals surface area contributed by atoms with Gasteiger partial charge in [0.2, 0.25) is 5.91 Å². The molecule has 0 aliphatic carbocycles. The second kappa shape index (κ2) is 7.95. The quantitative estimate of drug-likeness (QED) is 0.830. The Morgan fingerprint density at radius 1 is 1.23 bits per heavy atom. The smallest absolute Gasteiger partial charge is 0.251 e. The summed E-state index contributed by atoms with van der Waals surface area (Å²) in [5.41, 5.74) is 1.27. The first-order valence-electron chi connectivity index (χ1n) is 8.81. The normalized spacial score (nSPS) is 15.1. The van der Waals surface area contributed by atoms with Crippen LogP contribution in [0, 0.1) is 5.92 Å². The molecule has 0 saturated carbocycles. The van der Waals surface area contributed by atoms with Crippen LogP contribution in [-0.2, 0) is 4.79 Å². The van der Waals surface area contributed by atoms with E-state index in [-0.39, 0.29) is 23.8 Å². The van der Waals surface area contributed by atoms with Crippen LogP contribution in [0.5, 0.6) is 0 Å². The predicted octanol–water partition coefficient (Wildman–Crippen LogP) is 2.08. The maximum Gasteiger partial charge on any atom is 0.251 e. The van der Waals surface area contributed by atoms with E-state index < -0.39 is 0 Å². The summed E-state index contributed by atoms with van der Waals surface area (Å²) in [4.78, 5) is 26.4. The molecule has 7 nitrogen and oxygen atoms in total. The molecule has 2 aromatic rings. The van der Waals surface area contributed by atoms with Crippen LogP contribution in [-0.4, -0.2) is 41.1 Å². The Bertz CT molecular complexity index is 757. The molecule has 1 aliphatic heterocycles. The van der Waals surface area contributed by atoms with Gasteiger partial charge in [-0.3, -0.25) is 9.59 Å². The molecule has 0 unspecified atom stereocenters. The van der Waals surface area contributed by atoms with Crippen molar-refractivity contribution in [2.45, 2.75) is 26.3 Å². The summed E-state index contributed by atoms with van der Waals surface area (Å²) in [7, 11) is 0. The zero-order chi connectivity index (χ0) is 18.5. The molecular weight excluding hydrogens is 330 g/mol. The molecule has 1 atom stereocenters. The fraction of sp³-hybridized carbons (Fsp3) is 0.368. The lowest BCUT2D eigenvalue weighted by Gasteiger charge is -2.38. The average Bonchev–Trinajstić information content (AvgIpc) is 2.61. The second-order valence-electron chi connectivity index (χ2n) is 6.53. The van der Waals surface area contributed by atoms with Gasteiger partial charge in [0.25, 0.3) is 5.91 Å². The Kier molecular flexibility index (Phi) is 5.46. The average molecular weight is 353 g/mol. The Balaban J connectivity index is 1.50. The monoisotopic (exact) mass is 353 g/mol. The van der Waals surface area contributed by atoms with E-state index in [1.165, 1.54) is 0 Å². The van der Waals surface area contributed by atoms with E-state index in [2.05, 4.69) is 20.8 Å². The topological polar surface area (TPSA) is 87.2 Å². The largest absolute Gasteiger partial charge is 0.353 e. The number of hydrogen-bond acceptors (Lipinski definition) is 5. The van der Waals surface area contributed by atoms with Crippen molar-refractivity contribution in [1.29, 1.82) is 0 Å². The lowest BCUT2D eigenvalue weighted by molar-refractivity contribution is -0.120. The van der Waals surface area contributed by atoms with Crippen molar-refractivity contribution in [1.82, 2.24) is 15.5 Å². The number of carbonyl (C=O) groups is 2. The molecular formula is C19H23N5O2. The van der Waals surface area contributed by atoms with Crippen LogP contribution in [0.4, 0.5) is 11.5 Å². The molecule has 7 heteroatoms. The van der Waals surface area contributed by atoms with Crippen LogP contribution in [0.25, 0.3) is 0 Å². The highest BCUT2D eigenvalue weighted by atomic mass is 16.2. The summed E-state index contributed by atoms with van der Waals surface area (Å²) in [6, 6.07) is 10.8. The molecule has 0 spiro atoms. The molecule has 3 rings (SSSR count). The summed E-state index contributed by atoms with van der Waals surface area (Å²) >= 11 is 0. The molecule has 0 radical (unpaired) electrons. The molecule has 1 saturated heterocycles. The zero-order valence-electron chi connectivity index (χ0n) is 15.0. The second-order valence-corrected chi connectivity index (χ2v) is 6.53. The van der Waals surface area contributed by atoms with Gasteiger partial charge in [-0.25, -0.2) is 0 Å². The number of carbonyl (C=O) groups excluding carboxylic acids is 2. The van der Waals surface area contributed by atoms with Gasteiger partial charge in [0.1, 0.15) is 0 Å². The fourth-order valence-electron chi connectivity index (χ4n) is 2.65. The minimum atomic E-state index is -0.101. The maximum absolute atomic E-state index is 12.3. The van der Waals surface area contributed by atoms with E-state index >= 15 is 0 Å². The minimum Gasteiger partial charge on any atom is -0.353 e. The van der Waals surface area contributed by atoms with Crippen molar-refractivity contribution in [2.24, 2.45) is 5.92 Å². The number of amides is 2. The van der Waals surface area contributed by atoms with Crippen LogP contribution in [0.1, 0.15) is 30.6 Å². The van der Waals surface area contributed by atoms with Gasteiger partial charge in [-0.1, -0.05) is 6.92 Å². The number of rotatable bonds is 6. The summed E-state index contributed by atoms with van der Waals surface area (Å²) in [5, 5.41) is 13.7. The first-order chi connectivity index (χ1) is 12.6. The van der Waals surface area contributed by atoms with E-state index in [1.807, 2.05) is 30.9 Å². The standard InChI is InChI=1S/C19H23N5O2/c1-3-13(2)21-18(25)14-6-8-16(9-7-14)22-19(26)15-11-24(12-15)17-5-4-10-20-23-17/h4-10,13,15H,3,11-12H2,1-2H3,(H,21,25)(H,22,26)/t13-/m1/s1. The maximum atomic E-state index is 12.3. The van der Waals surface area contributed by atoms with Gasteiger partial charge < -0.3 is 15.5 Å². The molecule has 1 aliphatic rings. The highest BCUT2D eigenvalue weighted by molar-refractivity contribution is 5.97. The van der Waals surface area contributed by atoms with Crippen molar-refractivity contribution in [3.05, 3.63) is 48.2 Å². The predicted molar refractivity (Wildman–Crippen MR) is 100 cm³/mol. The van der Waals surface area contributed by atoms with Gasteiger partial charge >= 0.3 is 0 Å². The van der Waals surface area contributed by atoms with E-state index in [4.69, 9.17) is 0 Å². The van der Waals surface area contributed by atoms with E-state index in [0.29, 0.717) is 24.3 Å². The Labute approximate surface area is 152 Å². The van der Waals surface area contributed by atoms with Gasteiger partial charge in [-0.05, 0) is 49.7 Å². The fourth-order valence-corrected chi connectivity index (χ4v) is 2.65. The SMILES string of the molecule is CC[C@@H](C)NC(=O)c1ccc(NC(=O)C2CN(c3cccnn3)C2)cc1. The highest BCUT2D eigenvalue weighted by Crippen LogP contribution is 2.23. The Morgan fingerprint density at radius 3 is 2.58 bits per heavy atom. The molecule has 2 N–H and O–H groups in total. The number of benzene rings is 1. The molecule has 0 bridgehead atoms. The first-order valence-corrected chi connectivity index (χ1v) is 8.81. The first kappa shape index (κ1) is 17.8. The number of nitrogens with one attached hydrogen (secondary N) is 2. The van der Waals surface area contributed by atoms with Gasteiger partial charge in [0.05, 0.1) is 5.92 Å². The van der Waals surface area contributed by atoms with Crippen LogP contribution in [0.3, 0.4) is 0 Å². The van der Waals surface area contributed by atoms with Crippen LogP contribution in [0.2, 0.25) is 0 Å². The van der Waals surface area contributed by atoms with Crippen molar-refractivity contribution >= 4 is 23.3 Å². The molecule has 26 heavy (non-hydrogen) atoms. The third kappa shape index (κ3) is 4.17. The molecule has 2 amide bonds. The number of hydrogen-bond donors (Lipinski definition) is 2. The van der Waals surface area contributed by atoms with Crippen LogP contribution in [0.15, 0.2) is 42.6 Å². The molecule has 1 aromatic heterocycles. The molecule has 136 valence electrons. The summed E-state index contributed by atoms with van der Waals surface area (Å²) in [5.74, 6) is 0.580. The van der Waals surface area contributed by atoms with E-state index in [9.17, 15) is 9.59 Å². The van der Waals surface area contributed by atoms with Crippen molar-refractivity contribution in [3.8, 4) is 0 Å². The highest BCUT2D eigenvalue weighted by Gasteiger charge is 2.33. The Hall–Kier alpha value is -2.96. The number of nitrogens with zero attached hydrogens (tertiary/aromatic N) is 3. The summed E-state index contributed by atoms with van der Waals surface area (Å²) in [6.07, 6.45) is 2.51. The van der Waals surface area contributed by atoms with E-state index in [0.717, 1.165) is 12.2 Å². The molecule has 2 heterocycles. The van der Waals surface area contributed by atoms with Crippen LogP contribution >= 0.6 is 0 Å². The van der Waals surface area contributed by atoms with Crippen molar-refractivity contribution in [2.75, 3.05) is 23.3 Å². The summed E-state index contributed by atoms with van der Waals surface area (Å²) in [6.45, 7) is 5.24. The lowest BCUT2D eigenvalue weighted by Crippen LogP contribution is -2.52. The number of anilines is 2. The molecule has 1 fully saturated rings. The number of aromatic nitrogens is 2. The van der Waals surface area contributed by atoms with E-state index in [1.54, 1.807) is 30.5 Å². The lowest BCUT2D eigenvalue weighted by atomic mass is 9.99. The van der Waals surface area contributed by atoms with Gasteiger partial charge in [-0.15, -0.1) is 5.10 Å². The zero-order valence-corrected chi connectivity index (χ0v) is 15.0. The van der Waals surface area contributed by atoms with Gasteiger partial charge in [-0.2, -0.15) is 5.10 Å².